The molecule has 0 aliphatic heterocycles. The average Bonchev–Trinajstić information content (AvgIpc) is 2.43. The van der Waals surface area contributed by atoms with E-state index in [1.807, 2.05) is 36.4 Å². The molecule has 0 aromatic heterocycles. The van der Waals surface area contributed by atoms with Crippen LogP contribution < -0.4 is 0 Å². The van der Waals surface area contributed by atoms with E-state index in [1.54, 1.807) is 0 Å². The van der Waals surface area contributed by atoms with Gasteiger partial charge in [-0.05, 0) is 41.7 Å². The summed E-state index contributed by atoms with van der Waals surface area (Å²) in [6, 6.07) is 13.9. The third kappa shape index (κ3) is 2.38. The standard InChI is InChI=1S/C16H14Cl2O/c17-14-7-5-10(9-15(14)18)11-6-8-16(19)13-4-2-1-3-12(11)13/h1-5,7,9,11,16,19H,6,8H2/t11?,16-/m1/s1. The van der Waals surface area contributed by atoms with E-state index in [4.69, 9.17) is 23.2 Å². The van der Waals surface area contributed by atoms with Crippen molar-refractivity contribution >= 4 is 23.2 Å². The second kappa shape index (κ2) is 5.16. The van der Waals surface area contributed by atoms with Gasteiger partial charge in [-0.1, -0.05) is 53.5 Å². The normalized spacial score (nSPS) is 22.1. The number of hydrogen-bond acceptors (Lipinski definition) is 1. The molecule has 1 N–H and O–H groups in total. The van der Waals surface area contributed by atoms with E-state index in [-0.39, 0.29) is 12.0 Å². The predicted molar refractivity (Wildman–Crippen MR) is 78.9 cm³/mol. The van der Waals surface area contributed by atoms with Crippen molar-refractivity contribution in [1.29, 1.82) is 0 Å². The summed E-state index contributed by atoms with van der Waals surface area (Å²) in [5.41, 5.74) is 3.39. The number of rotatable bonds is 1. The second-order valence-electron chi connectivity index (χ2n) is 4.95. The first-order chi connectivity index (χ1) is 9.16. The SMILES string of the molecule is O[C@@H]1CCC(c2ccc(Cl)c(Cl)c2)c2ccccc21. The maximum absolute atomic E-state index is 10.1. The zero-order valence-corrected chi connectivity index (χ0v) is 11.8. The fourth-order valence-corrected chi connectivity index (χ4v) is 3.15. The minimum absolute atomic E-state index is 0.286. The molecule has 2 atom stereocenters. The first kappa shape index (κ1) is 13.0. The van der Waals surface area contributed by atoms with Crippen molar-refractivity contribution in [3.63, 3.8) is 0 Å². The molecule has 0 saturated heterocycles. The first-order valence-corrected chi connectivity index (χ1v) is 7.14. The maximum atomic E-state index is 10.1. The quantitative estimate of drug-likeness (QED) is 0.788. The Bertz CT molecular complexity index is 609. The molecule has 1 nitrogen and oxygen atoms in total. The molecule has 1 aliphatic carbocycles. The summed E-state index contributed by atoms with van der Waals surface area (Å²) in [6.07, 6.45) is 1.35. The van der Waals surface area contributed by atoms with Gasteiger partial charge < -0.3 is 5.11 Å². The molecule has 98 valence electrons. The van der Waals surface area contributed by atoms with Crippen molar-refractivity contribution in [2.24, 2.45) is 0 Å². The van der Waals surface area contributed by atoms with Gasteiger partial charge in [0.05, 0.1) is 16.1 Å². The number of benzene rings is 2. The topological polar surface area (TPSA) is 20.2 Å². The van der Waals surface area contributed by atoms with E-state index in [9.17, 15) is 5.11 Å². The smallest absolute Gasteiger partial charge is 0.0793 e. The van der Waals surface area contributed by atoms with Gasteiger partial charge in [0.2, 0.25) is 0 Å². The van der Waals surface area contributed by atoms with Crippen molar-refractivity contribution in [3.8, 4) is 0 Å². The molecule has 2 aromatic carbocycles. The first-order valence-electron chi connectivity index (χ1n) is 6.38. The van der Waals surface area contributed by atoms with Gasteiger partial charge in [0.25, 0.3) is 0 Å². The Morgan fingerprint density at radius 3 is 2.37 bits per heavy atom. The molecule has 0 saturated carbocycles. The van der Waals surface area contributed by atoms with Gasteiger partial charge in [-0.2, -0.15) is 0 Å². The molecule has 0 fully saturated rings. The van der Waals surface area contributed by atoms with Gasteiger partial charge in [-0.3, -0.25) is 0 Å². The van der Waals surface area contributed by atoms with Crippen LogP contribution in [0.4, 0.5) is 0 Å². The van der Waals surface area contributed by atoms with Gasteiger partial charge in [0.15, 0.2) is 0 Å². The molecular formula is C16H14Cl2O. The molecule has 0 heterocycles. The van der Waals surface area contributed by atoms with Gasteiger partial charge in [0.1, 0.15) is 0 Å². The van der Waals surface area contributed by atoms with Crippen LogP contribution in [-0.4, -0.2) is 5.11 Å². The summed E-state index contributed by atoms with van der Waals surface area (Å²) >= 11 is 12.1. The van der Waals surface area contributed by atoms with Crippen LogP contribution in [0.5, 0.6) is 0 Å². The third-order valence-corrected chi connectivity index (χ3v) is 4.54. The lowest BCUT2D eigenvalue weighted by Crippen LogP contribution is -2.15. The molecule has 0 radical (unpaired) electrons. The highest BCUT2D eigenvalue weighted by atomic mass is 35.5. The zero-order chi connectivity index (χ0) is 13.4. The Balaban J connectivity index is 2.07. The van der Waals surface area contributed by atoms with Crippen molar-refractivity contribution in [2.75, 3.05) is 0 Å². The molecule has 19 heavy (non-hydrogen) atoms. The number of halogens is 2. The fourth-order valence-electron chi connectivity index (χ4n) is 2.84. The number of aliphatic hydroxyl groups is 1. The van der Waals surface area contributed by atoms with Crippen LogP contribution in [0.25, 0.3) is 0 Å². The van der Waals surface area contributed by atoms with Crippen LogP contribution >= 0.6 is 23.2 Å². The second-order valence-corrected chi connectivity index (χ2v) is 5.76. The molecule has 3 heteroatoms. The van der Waals surface area contributed by atoms with Crippen molar-refractivity contribution < 1.29 is 5.11 Å². The zero-order valence-electron chi connectivity index (χ0n) is 10.3. The molecular weight excluding hydrogens is 279 g/mol. The minimum atomic E-state index is -0.352. The van der Waals surface area contributed by atoms with E-state index in [1.165, 1.54) is 5.56 Å². The Morgan fingerprint density at radius 2 is 1.63 bits per heavy atom. The van der Waals surface area contributed by atoms with Gasteiger partial charge >= 0.3 is 0 Å². The Morgan fingerprint density at radius 1 is 0.895 bits per heavy atom. The lowest BCUT2D eigenvalue weighted by Gasteiger charge is -2.29. The number of hydrogen-bond donors (Lipinski definition) is 1. The largest absolute Gasteiger partial charge is 0.388 e. The average molecular weight is 293 g/mol. The molecule has 2 aromatic rings. The fraction of sp³-hybridized carbons (Fsp3) is 0.250. The summed E-state index contributed by atoms with van der Waals surface area (Å²) in [4.78, 5) is 0. The highest BCUT2D eigenvalue weighted by molar-refractivity contribution is 6.42. The summed E-state index contributed by atoms with van der Waals surface area (Å²) in [5, 5.41) is 11.2. The molecule has 0 bridgehead atoms. The Labute approximate surface area is 122 Å². The number of fused-ring (bicyclic) bond motifs is 1. The minimum Gasteiger partial charge on any atom is -0.388 e. The molecule has 0 spiro atoms. The van der Waals surface area contributed by atoms with Crippen LogP contribution in [-0.2, 0) is 0 Å². The van der Waals surface area contributed by atoms with E-state index in [0.717, 1.165) is 24.0 Å². The van der Waals surface area contributed by atoms with Gasteiger partial charge in [-0.15, -0.1) is 0 Å². The van der Waals surface area contributed by atoms with Crippen LogP contribution in [0, 0.1) is 0 Å². The van der Waals surface area contributed by atoms with Crippen LogP contribution in [0.1, 0.15) is 41.6 Å². The third-order valence-electron chi connectivity index (χ3n) is 3.81. The predicted octanol–water partition coefficient (Wildman–Crippen LogP) is 4.95. The van der Waals surface area contributed by atoms with Crippen molar-refractivity contribution in [3.05, 3.63) is 69.2 Å². The van der Waals surface area contributed by atoms with E-state index in [0.29, 0.717) is 10.0 Å². The Kier molecular flexibility index (Phi) is 3.53. The van der Waals surface area contributed by atoms with E-state index >= 15 is 0 Å². The van der Waals surface area contributed by atoms with Gasteiger partial charge in [0, 0.05) is 5.92 Å². The van der Waals surface area contributed by atoms with Crippen LogP contribution in [0.15, 0.2) is 42.5 Å². The van der Waals surface area contributed by atoms with Crippen molar-refractivity contribution in [2.45, 2.75) is 24.9 Å². The maximum Gasteiger partial charge on any atom is 0.0793 e. The highest BCUT2D eigenvalue weighted by Crippen LogP contribution is 2.42. The molecule has 1 aliphatic rings. The monoisotopic (exact) mass is 292 g/mol. The molecule has 3 rings (SSSR count). The van der Waals surface area contributed by atoms with E-state index in [2.05, 4.69) is 6.07 Å². The van der Waals surface area contributed by atoms with Gasteiger partial charge in [-0.25, -0.2) is 0 Å². The van der Waals surface area contributed by atoms with E-state index < -0.39 is 0 Å². The summed E-state index contributed by atoms with van der Waals surface area (Å²) in [7, 11) is 0. The summed E-state index contributed by atoms with van der Waals surface area (Å²) < 4.78 is 0. The summed E-state index contributed by atoms with van der Waals surface area (Å²) in [5.74, 6) is 0.286. The lowest BCUT2D eigenvalue weighted by molar-refractivity contribution is 0.153. The Hall–Kier alpha value is -1.02. The van der Waals surface area contributed by atoms with Crippen LogP contribution in [0.2, 0.25) is 10.0 Å². The lowest BCUT2D eigenvalue weighted by atomic mass is 9.78. The molecule has 0 amide bonds. The summed E-state index contributed by atoms with van der Waals surface area (Å²) in [6.45, 7) is 0. The highest BCUT2D eigenvalue weighted by Gasteiger charge is 2.26. The van der Waals surface area contributed by atoms with Crippen molar-refractivity contribution in [1.82, 2.24) is 0 Å². The van der Waals surface area contributed by atoms with Crippen LogP contribution in [0.3, 0.4) is 0 Å². The molecule has 1 unspecified atom stereocenters. The number of aliphatic hydroxyl groups excluding tert-OH is 1.